The number of benzene rings is 2. The monoisotopic (exact) mass is 204 g/mol. The van der Waals surface area contributed by atoms with E-state index < -0.39 is 0 Å². The molecule has 1 heteroatoms. The molecule has 16 heavy (non-hydrogen) atoms. The van der Waals surface area contributed by atoms with Crippen molar-refractivity contribution < 1.29 is 0 Å². The van der Waals surface area contributed by atoms with Crippen molar-refractivity contribution in [2.24, 2.45) is 0 Å². The van der Waals surface area contributed by atoms with E-state index in [1.54, 1.807) is 0 Å². The van der Waals surface area contributed by atoms with Crippen LogP contribution in [0.4, 0.5) is 0 Å². The van der Waals surface area contributed by atoms with Crippen LogP contribution >= 0.6 is 0 Å². The first-order valence-electron chi connectivity index (χ1n) is 5.72. The molecule has 76 valence electrons. The average Bonchev–Trinajstić information content (AvgIpc) is 2.49. The summed E-state index contributed by atoms with van der Waals surface area (Å²) in [6.07, 6.45) is 4.44. The molecule has 3 rings (SSSR count). The van der Waals surface area contributed by atoms with Gasteiger partial charge in [-0.3, -0.25) is 0 Å². The molecule has 0 amide bonds. The fourth-order valence-corrected chi connectivity index (χ4v) is 2.46. The Morgan fingerprint density at radius 1 is 0.688 bits per heavy atom. The van der Waals surface area contributed by atoms with Crippen LogP contribution in [0.15, 0.2) is 48.5 Å². The molecule has 0 saturated heterocycles. The molecule has 1 aliphatic heterocycles. The average molecular weight is 204 g/mol. The summed E-state index contributed by atoms with van der Waals surface area (Å²) >= 11 is 0. The lowest BCUT2D eigenvalue weighted by Gasteiger charge is -2.11. The zero-order valence-electron chi connectivity index (χ0n) is 9.35. The SMILES string of the molecule is CB1c2ccccc2C=Cc2ccccc21. The van der Waals surface area contributed by atoms with Gasteiger partial charge in [0.15, 0.2) is 0 Å². The molecule has 2 aromatic rings. The largest absolute Gasteiger partial charge is 0.207 e. The molecular formula is C15H13B. The predicted octanol–water partition coefficient (Wildman–Crippen LogP) is 2.41. The van der Waals surface area contributed by atoms with Gasteiger partial charge in [0, 0.05) is 0 Å². The van der Waals surface area contributed by atoms with Gasteiger partial charge in [-0.1, -0.05) is 78.4 Å². The van der Waals surface area contributed by atoms with Crippen molar-refractivity contribution in [1.29, 1.82) is 0 Å². The van der Waals surface area contributed by atoms with Gasteiger partial charge in [-0.05, 0) is 11.1 Å². The van der Waals surface area contributed by atoms with Gasteiger partial charge in [0.1, 0.15) is 0 Å². The highest BCUT2D eigenvalue weighted by Gasteiger charge is 2.19. The molecule has 0 nitrogen and oxygen atoms in total. The maximum absolute atomic E-state index is 2.28. The summed E-state index contributed by atoms with van der Waals surface area (Å²) in [5, 5.41) is 0. The van der Waals surface area contributed by atoms with Crippen molar-refractivity contribution in [3.63, 3.8) is 0 Å². The molecule has 0 saturated carbocycles. The van der Waals surface area contributed by atoms with E-state index in [1.807, 2.05) is 0 Å². The van der Waals surface area contributed by atoms with Crippen molar-refractivity contribution in [2.75, 3.05) is 0 Å². The van der Waals surface area contributed by atoms with E-state index in [0.717, 1.165) is 0 Å². The van der Waals surface area contributed by atoms with Crippen molar-refractivity contribution in [3.8, 4) is 0 Å². The van der Waals surface area contributed by atoms with Gasteiger partial charge in [-0.2, -0.15) is 0 Å². The minimum atomic E-state index is 0.474. The van der Waals surface area contributed by atoms with E-state index in [2.05, 4.69) is 67.5 Å². The van der Waals surface area contributed by atoms with Gasteiger partial charge in [0.2, 0.25) is 6.71 Å². The maximum atomic E-state index is 2.28. The highest BCUT2D eigenvalue weighted by atomic mass is 14.0. The lowest BCUT2D eigenvalue weighted by molar-refractivity contribution is 1.70. The van der Waals surface area contributed by atoms with Crippen molar-refractivity contribution in [1.82, 2.24) is 0 Å². The summed E-state index contributed by atoms with van der Waals surface area (Å²) < 4.78 is 0. The third kappa shape index (κ3) is 1.40. The Hall–Kier alpha value is -1.76. The summed E-state index contributed by atoms with van der Waals surface area (Å²) in [6, 6.07) is 17.3. The Balaban J connectivity index is 2.26. The minimum Gasteiger partial charge on any atom is -0.0774 e. The molecule has 2 aromatic carbocycles. The fraction of sp³-hybridized carbons (Fsp3) is 0.0667. The summed E-state index contributed by atoms with van der Waals surface area (Å²) in [6.45, 7) is 2.76. The van der Waals surface area contributed by atoms with Gasteiger partial charge in [-0.15, -0.1) is 0 Å². The number of hydrogen-bond acceptors (Lipinski definition) is 0. The normalized spacial score (nSPS) is 12.9. The van der Waals surface area contributed by atoms with Crippen LogP contribution in [0.1, 0.15) is 11.1 Å². The van der Waals surface area contributed by atoms with Crippen molar-refractivity contribution in [3.05, 3.63) is 59.7 Å². The Morgan fingerprint density at radius 2 is 1.12 bits per heavy atom. The Morgan fingerprint density at radius 3 is 1.62 bits per heavy atom. The number of fused-ring (bicyclic) bond motifs is 2. The van der Waals surface area contributed by atoms with Gasteiger partial charge >= 0.3 is 0 Å². The second-order valence-corrected chi connectivity index (χ2v) is 4.31. The lowest BCUT2D eigenvalue weighted by Crippen LogP contribution is -2.40. The molecular weight excluding hydrogens is 191 g/mol. The third-order valence-corrected chi connectivity index (χ3v) is 3.37. The lowest BCUT2D eigenvalue weighted by atomic mass is 9.41. The summed E-state index contributed by atoms with van der Waals surface area (Å²) in [7, 11) is 0. The Kier molecular flexibility index (Phi) is 2.18. The van der Waals surface area contributed by atoms with E-state index in [1.165, 1.54) is 22.1 Å². The Bertz CT molecular complexity index is 505. The zero-order valence-corrected chi connectivity index (χ0v) is 9.35. The van der Waals surface area contributed by atoms with Gasteiger partial charge < -0.3 is 0 Å². The van der Waals surface area contributed by atoms with Gasteiger partial charge in [0.25, 0.3) is 0 Å². The molecule has 0 fully saturated rings. The molecule has 1 aliphatic rings. The first kappa shape index (κ1) is 9.47. The molecule has 0 atom stereocenters. The highest BCUT2D eigenvalue weighted by Crippen LogP contribution is 2.11. The zero-order chi connectivity index (χ0) is 11.0. The van der Waals surface area contributed by atoms with Crippen molar-refractivity contribution >= 4 is 29.8 Å². The first-order chi connectivity index (χ1) is 7.86. The van der Waals surface area contributed by atoms with Crippen LogP contribution in [0.25, 0.3) is 12.2 Å². The molecule has 1 heterocycles. The van der Waals surface area contributed by atoms with Crippen LogP contribution in [0, 0.1) is 0 Å². The third-order valence-electron chi connectivity index (χ3n) is 3.37. The molecule has 0 bridgehead atoms. The van der Waals surface area contributed by atoms with E-state index >= 15 is 0 Å². The van der Waals surface area contributed by atoms with Crippen LogP contribution in [0.2, 0.25) is 6.82 Å². The van der Waals surface area contributed by atoms with E-state index in [9.17, 15) is 0 Å². The summed E-state index contributed by atoms with van der Waals surface area (Å²) in [5.74, 6) is 0. The number of rotatable bonds is 0. The smallest absolute Gasteiger partial charge is 0.0774 e. The summed E-state index contributed by atoms with van der Waals surface area (Å²) in [5.41, 5.74) is 5.52. The predicted molar refractivity (Wildman–Crippen MR) is 72.7 cm³/mol. The molecule has 0 spiro atoms. The van der Waals surface area contributed by atoms with E-state index in [4.69, 9.17) is 0 Å². The quantitative estimate of drug-likeness (QED) is 0.578. The van der Waals surface area contributed by atoms with Crippen molar-refractivity contribution in [2.45, 2.75) is 6.82 Å². The second kappa shape index (κ2) is 3.68. The molecule has 0 N–H and O–H groups in total. The van der Waals surface area contributed by atoms with Crippen LogP contribution in [-0.4, -0.2) is 6.71 Å². The number of hydrogen-bond donors (Lipinski definition) is 0. The second-order valence-electron chi connectivity index (χ2n) is 4.31. The van der Waals surface area contributed by atoms with Crippen LogP contribution in [0.5, 0.6) is 0 Å². The molecule has 0 aliphatic carbocycles. The standard InChI is InChI=1S/C15H13B/c1-16-14-8-4-2-6-12(14)10-11-13-7-3-5-9-15(13)16/h2-11H,1H3. The molecule has 0 aromatic heterocycles. The van der Waals surface area contributed by atoms with Crippen LogP contribution < -0.4 is 10.9 Å². The van der Waals surface area contributed by atoms with E-state index in [-0.39, 0.29) is 0 Å². The van der Waals surface area contributed by atoms with E-state index in [0.29, 0.717) is 6.71 Å². The maximum Gasteiger partial charge on any atom is 0.207 e. The topological polar surface area (TPSA) is 0 Å². The van der Waals surface area contributed by atoms with Gasteiger partial charge in [-0.25, -0.2) is 0 Å². The minimum absolute atomic E-state index is 0.474. The van der Waals surface area contributed by atoms with Crippen LogP contribution in [-0.2, 0) is 0 Å². The Labute approximate surface area is 96.7 Å². The fourth-order valence-electron chi connectivity index (χ4n) is 2.46. The highest BCUT2D eigenvalue weighted by molar-refractivity contribution is 6.85. The van der Waals surface area contributed by atoms with Gasteiger partial charge in [0.05, 0.1) is 0 Å². The first-order valence-corrected chi connectivity index (χ1v) is 5.72. The van der Waals surface area contributed by atoms with Crippen LogP contribution in [0.3, 0.4) is 0 Å². The molecule has 0 radical (unpaired) electrons. The summed E-state index contributed by atoms with van der Waals surface area (Å²) in [4.78, 5) is 0. The molecule has 0 unspecified atom stereocenters.